The van der Waals surface area contributed by atoms with E-state index >= 15 is 0 Å². The van der Waals surface area contributed by atoms with Crippen LogP contribution in [0.3, 0.4) is 0 Å². The minimum Gasteiger partial charge on any atom is -0.293 e. The number of ketones is 1. The van der Waals surface area contributed by atoms with Crippen molar-refractivity contribution in [2.45, 2.75) is 31.2 Å². The predicted molar refractivity (Wildman–Crippen MR) is 105 cm³/mol. The Labute approximate surface area is 158 Å². The average molecular weight is 393 g/mol. The number of fused-ring (bicyclic) bond motifs is 1. The molecule has 0 amide bonds. The second kappa shape index (κ2) is 6.94. The van der Waals surface area contributed by atoms with Gasteiger partial charge in [0.05, 0.1) is 10.6 Å². The number of Topliss-reactive ketones (excluding diaryl/α,β-unsaturated/α-hetero) is 1. The summed E-state index contributed by atoms with van der Waals surface area (Å²) < 4.78 is 1.53. The summed E-state index contributed by atoms with van der Waals surface area (Å²) in [4.78, 5) is 31.7. The zero-order valence-corrected chi connectivity index (χ0v) is 16.7. The van der Waals surface area contributed by atoms with E-state index in [4.69, 9.17) is 11.6 Å². The van der Waals surface area contributed by atoms with Crippen LogP contribution in [0.5, 0.6) is 0 Å². The van der Waals surface area contributed by atoms with Crippen molar-refractivity contribution in [2.24, 2.45) is 7.05 Å². The van der Waals surface area contributed by atoms with Crippen molar-refractivity contribution in [3.8, 4) is 0 Å². The van der Waals surface area contributed by atoms with E-state index in [1.165, 1.54) is 27.7 Å². The van der Waals surface area contributed by atoms with Gasteiger partial charge in [-0.1, -0.05) is 23.4 Å². The van der Waals surface area contributed by atoms with Crippen LogP contribution in [0, 0.1) is 13.8 Å². The highest BCUT2D eigenvalue weighted by Gasteiger charge is 2.21. The second-order valence-corrected chi connectivity index (χ2v) is 8.80. The Balaban J connectivity index is 1.94. The van der Waals surface area contributed by atoms with Crippen molar-refractivity contribution in [3.63, 3.8) is 0 Å². The Morgan fingerprint density at radius 2 is 1.92 bits per heavy atom. The van der Waals surface area contributed by atoms with Crippen LogP contribution in [0.4, 0.5) is 0 Å². The summed E-state index contributed by atoms with van der Waals surface area (Å²) in [6.07, 6.45) is 0. The van der Waals surface area contributed by atoms with Gasteiger partial charge in [-0.15, -0.1) is 11.3 Å². The molecule has 4 nitrogen and oxygen atoms in total. The van der Waals surface area contributed by atoms with Gasteiger partial charge in [0, 0.05) is 22.5 Å². The number of halogens is 1. The van der Waals surface area contributed by atoms with Crippen molar-refractivity contribution in [2.75, 3.05) is 0 Å². The molecule has 3 aromatic rings. The molecule has 0 bridgehead atoms. The fourth-order valence-corrected chi connectivity index (χ4v) is 4.67. The molecule has 2 aromatic heterocycles. The van der Waals surface area contributed by atoms with E-state index < -0.39 is 0 Å². The number of hydrogen-bond donors (Lipinski definition) is 0. The summed E-state index contributed by atoms with van der Waals surface area (Å²) >= 11 is 8.68. The van der Waals surface area contributed by atoms with Gasteiger partial charge in [0.15, 0.2) is 10.9 Å². The Kier molecular flexibility index (Phi) is 5.04. The van der Waals surface area contributed by atoms with Crippen LogP contribution in [0.15, 0.2) is 34.2 Å². The molecular weight excluding hydrogens is 376 g/mol. The maximum Gasteiger partial charge on any atom is 0.262 e. The molecule has 1 unspecified atom stereocenters. The molecular formula is C18H17ClN2O2S2. The molecule has 7 heteroatoms. The molecule has 1 aromatic carbocycles. The van der Waals surface area contributed by atoms with Gasteiger partial charge >= 0.3 is 0 Å². The first kappa shape index (κ1) is 18.2. The molecule has 3 rings (SSSR count). The quantitative estimate of drug-likeness (QED) is 0.369. The Morgan fingerprint density at radius 1 is 1.28 bits per heavy atom. The lowest BCUT2D eigenvalue weighted by Crippen LogP contribution is -2.22. The summed E-state index contributed by atoms with van der Waals surface area (Å²) in [6, 6.07) is 6.82. The molecule has 0 aliphatic rings. The molecule has 0 aliphatic heterocycles. The lowest BCUT2D eigenvalue weighted by atomic mass is 10.1. The van der Waals surface area contributed by atoms with Crippen molar-refractivity contribution in [1.29, 1.82) is 0 Å². The number of thiophene rings is 1. The Morgan fingerprint density at radius 3 is 2.56 bits per heavy atom. The number of aromatic nitrogens is 2. The lowest BCUT2D eigenvalue weighted by molar-refractivity contribution is 0.0994. The van der Waals surface area contributed by atoms with Gasteiger partial charge in [-0.05, 0) is 50.6 Å². The third-order valence-corrected chi connectivity index (χ3v) is 6.65. The largest absolute Gasteiger partial charge is 0.293 e. The number of thioether (sulfide) groups is 1. The minimum atomic E-state index is -0.362. The van der Waals surface area contributed by atoms with Gasteiger partial charge in [0.25, 0.3) is 5.56 Å². The molecule has 0 aliphatic carbocycles. The first-order valence-corrected chi connectivity index (χ1v) is 9.80. The second-order valence-electron chi connectivity index (χ2n) is 5.85. The van der Waals surface area contributed by atoms with Crippen LogP contribution < -0.4 is 5.56 Å². The standard InChI is InChI=1S/C18H17ClN2O2S2/c1-9-10(2)24-16-14(9)17(23)21(4)18(20-16)25-11(3)15(22)12-5-7-13(19)8-6-12/h5-8,11H,1-4H3. The average Bonchev–Trinajstić information content (AvgIpc) is 2.86. The molecule has 0 fully saturated rings. The summed E-state index contributed by atoms with van der Waals surface area (Å²) in [5.41, 5.74) is 1.51. The van der Waals surface area contributed by atoms with E-state index in [2.05, 4.69) is 4.98 Å². The van der Waals surface area contributed by atoms with Crippen LogP contribution in [0.25, 0.3) is 10.2 Å². The fourth-order valence-electron chi connectivity index (χ4n) is 2.52. The van der Waals surface area contributed by atoms with Crippen LogP contribution in [0.2, 0.25) is 5.02 Å². The van der Waals surface area contributed by atoms with Crippen LogP contribution in [-0.4, -0.2) is 20.6 Å². The SMILES string of the molecule is Cc1sc2nc(SC(C)C(=O)c3ccc(Cl)cc3)n(C)c(=O)c2c1C. The van der Waals surface area contributed by atoms with Crippen LogP contribution in [0.1, 0.15) is 27.7 Å². The minimum absolute atomic E-state index is 0.0189. The van der Waals surface area contributed by atoms with E-state index in [9.17, 15) is 9.59 Å². The number of aryl methyl sites for hydroxylation is 2. The van der Waals surface area contributed by atoms with E-state index in [1.807, 2.05) is 20.8 Å². The third-order valence-electron chi connectivity index (χ3n) is 4.15. The van der Waals surface area contributed by atoms with E-state index in [-0.39, 0.29) is 16.6 Å². The fraction of sp³-hybridized carbons (Fsp3) is 0.278. The molecule has 0 radical (unpaired) electrons. The molecule has 130 valence electrons. The van der Waals surface area contributed by atoms with Crippen LogP contribution >= 0.6 is 34.7 Å². The first-order chi connectivity index (χ1) is 11.8. The zero-order valence-electron chi connectivity index (χ0n) is 14.3. The lowest BCUT2D eigenvalue weighted by Gasteiger charge is -2.12. The summed E-state index contributed by atoms with van der Waals surface area (Å²) in [7, 11) is 1.70. The van der Waals surface area contributed by atoms with Crippen molar-refractivity contribution < 1.29 is 4.79 Å². The van der Waals surface area contributed by atoms with E-state index in [1.54, 1.807) is 31.3 Å². The highest BCUT2D eigenvalue weighted by atomic mass is 35.5. The van der Waals surface area contributed by atoms with Crippen LogP contribution in [-0.2, 0) is 7.05 Å². The molecule has 0 saturated carbocycles. The summed E-state index contributed by atoms with van der Waals surface area (Å²) in [5, 5.41) is 1.45. The predicted octanol–water partition coefficient (Wildman–Crippen LogP) is 4.63. The van der Waals surface area contributed by atoms with Gasteiger partial charge in [0.1, 0.15) is 4.83 Å². The number of rotatable bonds is 4. The first-order valence-electron chi connectivity index (χ1n) is 7.72. The Hall–Kier alpha value is -1.63. The van der Waals surface area contributed by atoms with Gasteiger partial charge in [0.2, 0.25) is 0 Å². The highest BCUT2D eigenvalue weighted by molar-refractivity contribution is 8.00. The maximum atomic E-state index is 12.7. The van der Waals surface area contributed by atoms with Gasteiger partial charge in [-0.25, -0.2) is 4.98 Å². The summed E-state index contributed by atoms with van der Waals surface area (Å²) in [5.74, 6) is -0.0189. The molecule has 1 atom stereocenters. The number of benzene rings is 1. The van der Waals surface area contributed by atoms with E-state index in [0.717, 1.165) is 15.3 Å². The topological polar surface area (TPSA) is 52.0 Å². The van der Waals surface area contributed by atoms with Crippen molar-refractivity contribution in [3.05, 3.63) is 55.6 Å². The molecule has 0 N–H and O–H groups in total. The number of carbonyl (C=O) groups excluding carboxylic acids is 1. The van der Waals surface area contributed by atoms with Gasteiger partial charge in [-0.2, -0.15) is 0 Å². The smallest absolute Gasteiger partial charge is 0.262 e. The molecule has 0 saturated heterocycles. The number of carbonyl (C=O) groups is 1. The Bertz CT molecular complexity index is 1020. The monoisotopic (exact) mass is 392 g/mol. The maximum absolute atomic E-state index is 12.7. The molecule has 2 heterocycles. The molecule has 0 spiro atoms. The van der Waals surface area contributed by atoms with Gasteiger partial charge < -0.3 is 0 Å². The molecule has 25 heavy (non-hydrogen) atoms. The number of hydrogen-bond acceptors (Lipinski definition) is 5. The highest BCUT2D eigenvalue weighted by Crippen LogP contribution is 2.30. The van der Waals surface area contributed by atoms with E-state index in [0.29, 0.717) is 21.1 Å². The zero-order chi connectivity index (χ0) is 18.3. The van der Waals surface area contributed by atoms with Crippen molar-refractivity contribution in [1.82, 2.24) is 9.55 Å². The summed E-state index contributed by atoms with van der Waals surface area (Å²) in [6.45, 7) is 5.75. The van der Waals surface area contributed by atoms with Gasteiger partial charge in [-0.3, -0.25) is 14.2 Å². The third kappa shape index (κ3) is 3.38. The normalized spacial score (nSPS) is 12.5. The van der Waals surface area contributed by atoms with Crippen molar-refractivity contribution >= 4 is 50.7 Å². The number of nitrogens with zero attached hydrogens (tertiary/aromatic N) is 2.